The summed E-state index contributed by atoms with van der Waals surface area (Å²) in [6.07, 6.45) is 5.86. The standard InChI is InChI=1S/C49H59N11O5S/c1-28-42(66-27-53-28)30-11-9-29(10-12-30)23-52-47(64)39-21-35(61)26-59(39)48(65)43(49(2,3)4)55-46(63)32-15-13-31(14-16-32)45-51-20-19-41(54-45)60-33-17-18-34(60)25-58(24-33)38-22-37(56-57-44(38)50)36-7-5-6-8-40(36)62/h5-12,19-20,22,27,31-35,39,43,61-62H,13-18,21,23-26H2,1-4H3,(H2,50,57)(H,52,64)(H,55,63)/t31?,32?,33?,34?,35-,39+,43-/m1/s1. The highest BCUT2D eigenvalue weighted by molar-refractivity contribution is 7.13. The lowest BCUT2D eigenvalue weighted by molar-refractivity contribution is -0.144. The fourth-order valence-corrected chi connectivity index (χ4v) is 11.1. The minimum atomic E-state index is -0.896. The SMILES string of the molecule is Cc1ncsc1-c1ccc(CNC(=O)[C@@H]2C[C@@H](O)CN2C(=O)[C@@H](NC(=O)C2CCC(c3nccc(N4C5CCC4CN(c4cc(-c6ccccc6O)nnc4N)C5)n3)CC2)C(C)(C)C)cc1. The Hall–Kier alpha value is -6.20. The molecular weight excluding hydrogens is 855 g/mol. The number of nitrogens with two attached hydrogens (primary N) is 1. The Morgan fingerprint density at radius 2 is 1.64 bits per heavy atom. The molecule has 4 fully saturated rings. The Labute approximate surface area is 389 Å². The number of thiazole rings is 1. The molecule has 6 N–H and O–H groups in total. The van der Waals surface area contributed by atoms with Gasteiger partial charge in [-0.1, -0.05) is 57.2 Å². The molecule has 17 heteroatoms. The van der Waals surface area contributed by atoms with Crippen molar-refractivity contribution < 1.29 is 24.6 Å². The van der Waals surface area contributed by atoms with Crippen molar-refractivity contribution in [2.45, 2.75) is 115 Å². The number of aromatic hydroxyl groups is 1. The maximum Gasteiger partial charge on any atom is 0.246 e. The van der Waals surface area contributed by atoms with Crippen molar-refractivity contribution in [1.29, 1.82) is 0 Å². The number of aliphatic hydroxyl groups is 1. The Kier molecular flexibility index (Phi) is 12.7. The van der Waals surface area contributed by atoms with Crippen molar-refractivity contribution in [3.8, 4) is 27.4 Å². The van der Waals surface area contributed by atoms with Crippen molar-refractivity contribution in [3.05, 3.63) is 89.5 Å². The average molecular weight is 914 g/mol. The smallest absolute Gasteiger partial charge is 0.246 e. The van der Waals surface area contributed by atoms with Gasteiger partial charge in [0.25, 0.3) is 0 Å². The summed E-state index contributed by atoms with van der Waals surface area (Å²) in [5.74, 6) is 1.10. The molecule has 0 spiro atoms. The first-order chi connectivity index (χ1) is 31.7. The number of phenols is 1. The third kappa shape index (κ3) is 9.27. The van der Waals surface area contributed by atoms with E-state index < -0.39 is 23.6 Å². The van der Waals surface area contributed by atoms with Crippen LogP contribution in [0.1, 0.15) is 88.7 Å². The highest BCUT2D eigenvalue weighted by atomic mass is 32.1. The lowest BCUT2D eigenvalue weighted by atomic mass is 9.80. The van der Waals surface area contributed by atoms with Gasteiger partial charge in [0, 0.05) is 68.3 Å². The highest BCUT2D eigenvalue weighted by Crippen LogP contribution is 2.40. The zero-order valence-electron chi connectivity index (χ0n) is 37.9. The van der Waals surface area contributed by atoms with Gasteiger partial charge in [-0.25, -0.2) is 15.0 Å². The van der Waals surface area contributed by atoms with Gasteiger partial charge in [0.15, 0.2) is 5.82 Å². The zero-order valence-corrected chi connectivity index (χ0v) is 38.7. The lowest BCUT2D eigenvalue weighted by Gasteiger charge is -2.43. The van der Waals surface area contributed by atoms with Gasteiger partial charge in [0.1, 0.15) is 29.5 Å². The van der Waals surface area contributed by atoms with Gasteiger partial charge in [0.05, 0.1) is 33.6 Å². The molecule has 3 amide bonds. The van der Waals surface area contributed by atoms with Gasteiger partial charge in [0.2, 0.25) is 17.7 Å². The normalized spacial score (nSPS) is 23.4. The van der Waals surface area contributed by atoms with Gasteiger partial charge < -0.3 is 41.3 Å². The van der Waals surface area contributed by atoms with Crippen LogP contribution >= 0.6 is 11.3 Å². The predicted octanol–water partition coefficient (Wildman–Crippen LogP) is 5.59. The van der Waals surface area contributed by atoms with Crippen LogP contribution in [0.15, 0.2) is 72.4 Å². The maximum atomic E-state index is 14.3. The number of anilines is 3. The number of aryl methyl sites for hydroxylation is 1. The number of hydrogen-bond donors (Lipinski definition) is 5. The van der Waals surface area contributed by atoms with Crippen molar-refractivity contribution in [2.75, 3.05) is 35.2 Å². The molecule has 1 saturated carbocycles. The summed E-state index contributed by atoms with van der Waals surface area (Å²) in [7, 11) is 0. The summed E-state index contributed by atoms with van der Waals surface area (Å²) in [5.41, 5.74) is 12.5. The van der Waals surface area contributed by atoms with Gasteiger partial charge in [-0.05, 0) is 86.3 Å². The van der Waals surface area contributed by atoms with E-state index in [-0.39, 0.29) is 66.9 Å². The molecule has 3 aromatic heterocycles. The number of carbonyl (C=O) groups is 3. The van der Waals surface area contributed by atoms with Crippen LogP contribution in [0.5, 0.6) is 5.75 Å². The summed E-state index contributed by atoms with van der Waals surface area (Å²) in [6, 6.07) is 17.6. The van der Waals surface area contributed by atoms with Crippen LogP contribution in [-0.2, 0) is 20.9 Å². The van der Waals surface area contributed by atoms with E-state index in [2.05, 4.69) is 35.6 Å². The van der Waals surface area contributed by atoms with Crippen molar-refractivity contribution in [1.82, 2.24) is 40.7 Å². The molecule has 16 nitrogen and oxygen atoms in total. The second-order valence-electron chi connectivity index (χ2n) is 19.4. The molecule has 5 atom stereocenters. The molecule has 3 aliphatic heterocycles. The maximum absolute atomic E-state index is 14.3. The van der Waals surface area contributed by atoms with E-state index in [0.29, 0.717) is 29.9 Å². The monoisotopic (exact) mass is 913 g/mol. The van der Waals surface area contributed by atoms with Gasteiger partial charge >= 0.3 is 0 Å². The van der Waals surface area contributed by atoms with Crippen molar-refractivity contribution in [2.24, 2.45) is 11.3 Å². The first kappa shape index (κ1) is 45.0. The number of nitrogens with one attached hydrogen (secondary N) is 2. The third-order valence-corrected chi connectivity index (χ3v) is 14.9. The molecule has 2 unspecified atom stereocenters. The predicted molar refractivity (Wildman–Crippen MR) is 253 cm³/mol. The molecule has 66 heavy (non-hydrogen) atoms. The molecule has 9 rings (SSSR count). The topological polar surface area (TPSA) is 216 Å². The number of β-amino-alcohol motifs (C(OH)–C–C–N with tert-alkyl or cyclic N) is 1. The lowest BCUT2D eigenvalue weighted by Crippen LogP contribution is -2.58. The minimum absolute atomic E-state index is 0.0161. The van der Waals surface area contributed by atoms with E-state index >= 15 is 0 Å². The Bertz CT molecular complexity index is 2560. The number of nitrogens with zero attached hydrogens (tertiary/aromatic N) is 8. The third-order valence-electron chi connectivity index (χ3n) is 13.9. The van der Waals surface area contributed by atoms with Gasteiger partial charge in [-0.2, -0.15) is 0 Å². The van der Waals surface area contributed by atoms with E-state index in [1.54, 1.807) is 23.5 Å². The van der Waals surface area contributed by atoms with Crippen molar-refractivity contribution >= 4 is 46.4 Å². The van der Waals surface area contributed by atoms with E-state index in [0.717, 1.165) is 77.8 Å². The number of likely N-dealkylation sites (tertiary alicyclic amines) is 1. The van der Waals surface area contributed by atoms with Crippen LogP contribution in [0.25, 0.3) is 21.7 Å². The number of phenolic OH excluding ortho intramolecular Hbond substituents is 1. The number of nitrogen functional groups attached to an aromatic ring is 1. The Morgan fingerprint density at radius 1 is 0.909 bits per heavy atom. The van der Waals surface area contributed by atoms with E-state index in [4.69, 9.17) is 15.7 Å². The van der Waals surface area contributed by atoms with E-state index in [9.17, 15) is 24.6 Å². The van der Waals surface area contributed by atoms with Crippen LogP contribution < -0.4 is 26.2 Å². The largest absolute Gasteiger partial charge is 0.507 e. The quantitative estimate of drug-likeness (QED) is 0.109. The molecular formula is C49H59N11O5S. The van der Waals surface area contributed by atoms with E-state index in [1.807, 2.05) is 87.9 Å². The van der Waals surface area contributed by atoms with Crippen LogP contribution in [0.4, 0.5) is 17.3 Å². The molecule has 346 valence electrons. The van der Waals surface area contributed by atoms with Crippen LogP contribution in [0.2, 0.25) is 0 Å². The molecule has 2 aromatic carbocycles. The first-order valence-electron chi connectivity index (χ1n) is 23.1. The van der Waals surface area contributed by atoms with E-state index in [1.165, 1.54) is 4.90 Å². The number of benzene rings is 2. The van der Waals surface area contributed by atoms with Crippen LogP contribution in [0, 0.1) is 18.3 Å². The number of hydrogen-bond acceptors (Lipinski definition) is 14. The second kappa shape index (κ2) is 18.6. The minimum Gasteiger partial charge on any atom is -0.507 e. The number of amides is 3. The average Bonchev–Trinajstić information content (AvgIpc) is 4.01. The fourth-order valence-electron chi connectivity index (χ4n) is 10.3. The molecule has 1 aliphatic carbocycles. The molecule has 3 saturated heterocycles. The number of rotatable bonds is 11. The number of aromatic nitrogens is 5. The molecule has 4 aliphatic rings. The zero-order chi connectivity index (χ0) is 46.3. The fraction of sp³-hybridized carbons (Fsp3) is 0.469. The molecule has 5 aromatic rings. The summed E-state index contributed by atoms with van der Waals surface area (Å²) < 4.78 is 0. The highest BCUT2D eigenvalue weighted by Gasteiger charge is 2.46. The molecule has 0 radical (unpaired) electrons. The van der Waals surface area contributed by atoms with Crippen LogP contribution in [0.3, 0.4) is 0 Å². The molecule has 2 bridgehead atoms. The summed E-state index contributed by atoms with van der Waals surface area (Å²) in [6.45, 7) is 9.46. The summed E-state index contributed by atoms with van der Waals surface area (Å²) in [5, 5.41) is 35.8. The number of fused-ring (bicyclic) bond motifs is 2. The number of carbonyl (C=O) groups excluding carboxylic acids is 3. The molecule has 6 heterocycles. The van der Waals surface area contributed by atoms with Crippen molar-refractivity contribution in [3.63, 3.8) is 0 Å². The van der Waals surface area contributed by atoms with Crippen LogP contribution in [-0.4, -0.2) is 108 Å². The summed E-state index contributed by atoms with van der Waals surface area (Å²) in [4.78, 5) is 63.4. The number of aliphatic hydroxyl groups excluding tert-OH is 1. The number of para-hydroxylation sites is 1. The van der Waals surface area contributed by atoms with Gasteiger partial charge in [-0.15, -0.1) is 21.5 Å². The number of piperazine rings is 1. The Balaban J connectivity index is 0.800. The first-order valence-corrected chi connectivity index (χ1v) is 23.9. The van der Waals surface area contributed by atoms with Gasteiger partial charge in [-0.3, -0.25) is 14.4 Å². The Morgan fingerprint density at radius 3 is 2.32 bits per heavy atom. The second-order valence-corrected chi connectivity index (χ2v) is 20.3. The summed E-state index contributed by atoms with van der Waals surface area (Å²) >= 11 is 1.58.